The maximum atomic E-state index is 13.3. The van der Waals surface area contributed by atoms with E-state index in [1.807, 2.05) is 18.2 Å². The Hall–Kier alpha value is -0.890. The highest BCUT2D eigenvalue weighted by molar-refractivity contribution is 5.19. The zero-order valence-corrected chi connectivity index (χ0v) is 8.49. The first kappa shape index (κ1) is 9.66. The van der Waals surface area contributed by atoms with Crippen LogP contribution in [-0.2, 0) is 0 Å². The molecule has 14 heavy (non-hydrogen) atoms. The van der Waals surface area contributed by atoms with Crippen molar-refractivity contribution < 1.29 is 4.39 Å². The number of alkyl halides is 1. The largest absolute Gasteiger partial charge is 0.299 e. The standard InChI is InChI=1S/C12H16FN/c1-14-8-7-11(13)9-12(14)10-5-3-2-4-6-10/h2-6,11-12H,7-9H2,1H3/t11-,12-/m1/s1. The summed E-state index contributed by atoms with van der Waals surface area (Å²) in [6.45, 7) is 0.862. The van der Waals surface area contributed by atoms with Crippen molar-refractivity contribution in [3.63, 3.8) is 0 Å². The fraction of sp³-hybridized carbons (Fsp3) is 0.500. The van der Waals surface area contributed by atoms with Crippen LogP contribution in [0.2, 0.25) is 0 Å². The molecule has 2 atom stereocenters. The van der Waals surface area contributed by atoms with Crippen molar-refractivity contribution in [3.8, 4) is 0 Å². The first-order chi connectivity index (χ1) is 6.77. The van der Waals surface area contributed by atoms with E-state index in [1.54, 1.807) is 0 Å². The second kappa shape index (κ2) is 4.09. The number of rotatable bonds is 1. The van der Waals surface area contributed by atoms with Gasteiger partial charge in [-0.1, -0.05) is 30.3 Å². The van der Waals surface area contributed by atoms with Crippen LogP contribution in [-0.4, -0.2) is 24.7 Å². The summed E-state index contributed by atoms with van der Waals surface area (Å²) >= 11 is 0. The molecule has 1 aliphatic rings. The van der Waals surface area contributed by atoms with Gasteiger partial charge in [0.05, 0.1) is 0 Å². The van der Waals surface area contributed by atoms with Gasteiger partial charge < -0.3 is 0 Å². The van der Waals surface area contributed by atoms with Crippen LogP contribution in [0.15, 0.2) is 30.3 Å². The third kappa shape index (κ3) is 1.95. The predicted molar refractivity (Wildman–Crippen MR) is 55.9 cm³/mol. The predicted octanol–water partition coefficient (Wildman–Crippen LogP) is 2.79. The Bertz CT molecular complexity index is 286. The minimum absolute atomic E-state index is 0.264. The Morgan fingerprint density at radius 1 is 1.29 bits per heavy atom. The molecule has 0 N–H and O–H groups in total. The maximum absolute atomic E-state index is 13.3. The molecule has 2 heteroatoms. The van der Waals surface area contributed by atoms with Crippen molar-refractivity contribution in [1.29, 1.82) is 0 Å². The highest BCUT2D eigenvalue weighted by Crippen LogP contribution is 2.30. The molecule has 0 unspecified atom stereocenters. The topological polar surface area (TPSA) is 3.24 Å². The van der Waals surface area contributed by atoms with E-state index in [0.717, 1.165) is 6.54 Å². The van der Waals surface area contributed by atoms with Crippen molar-refractivity contribution in [2.24, 2.45) is 0 Å². The first-order valence-electron chi connectivity index (χ1n) is 5.16. The van der Waals surface area contributed by atoms with Crippen LogP contribution < -0.4 is 0 Å². The molecule has 2 rings (SSSR count). The minimum atomic E-state index is -0.628. The van der Waals surface area contributed by atoms with E-state index in [4.69, 9.17) is 0 Å². The third-order valence-corrected chi connectivity index (χ3v) is 2.99. The molecule has 1 aromatic rings. The van der Waals surface area contributed by atoms with Crippen LogP contribution in [0.25, 0.3) is 0 Å². The molecule has 1 saturated heterocycles. The molecule has 0 radical (unpaired) electrons. The molecule has 1 heterocycles. The lowest BCUT2D eigenvalue weighted by atomic mass is 9.95. The summed E-state index contributed by atoms with van der Waals surface area (Å²) in [6.07, 6.45) is 0.691. The Kier molecular flexibility index (Phi) is 2.82. The fourth-order valence-corrected chi connectivity index (χ4v) is 2.11. The molecule has 1 aromatic carbocycles. The van der Waals surface area contributed by atoms with Crippen LogP contribution in [0.3, 0.4) is 0 Å². The average molecular weight is 193 g/mol. The van der Waals surface area contributed by atoms with E-state index >= 15 is 0 Å². The SMILES string of the molecule is CN1CC[C@@H](F)C[C@@H]1c1ccccc1. The van der Waals surface area contributed by atoms with Gasteiger partial charge in [0.15, 0.2) is 0 Å². The first-order valence-corrected chi connectivity index (χ1v) is 5.16. The van der Waals surface area contributed by atoms with Gasteiger partial charge in [0.25, 0.3) is 0 Å². The Labute approximate surface area is 84.5 Å². The molecule has 1 aliphatic heterocycles. The van der Waals surface area contributed by atoms with Gasteiger partial charge in [0.2, 0.25) is 0 Å². The van der Waals surface area contributed by atoms with Crippen molar-refractivity contribution >= 4 is 0 Å². The summed E-state index contributed by atoms with van der Waals surface area (Å²) in [5.74, 6) is 0. The molecule has 1 nitrogen and oxygen atoms in total. The second-order valence-electron chi connectivity index (χ2n) is 4.03. The molecule has 76 valence electrons. The van der Waals surface area contributed by atoms with Crippen LogP contribution in [0.5, 0.6) is 0 Å². The zero-order valence-electron chi connectivity index (χ0n) is 8.49. The van der Waals surface area contributed by atoms with Gasteiger partial charge in [0.1, 0.15) is 6.17 Å². The van der Waals surface area contributed by atoms with Gasteiger partial charge in [-0.2, -0.15) is 0 Å². The molecule has 0 aromatic heterocycles. The van der Waals surface area contributed by atoms with Crippen LogP contribution >= 0.6 is 0 Å². The van der Waals surface area contributed by atoms with E-state index in [2.05, 4.69) is 24.1 Å². The Balaban J connectivity index is 2.16. The normalized spacial score (nSPS) is 29.0. The summed E-state index contributed by atoms with van der Waals surface area (Å²) < 4.78 is 13.3. The highest BCUT2D eigenvalue weighted by Gasteiger charge is 2.26. The van der Waals surface area contributed by atoms with Crippen LogP contribution in [0, 0.1) is 0 Å². The minimum Gasteiger partial charge on any atom is -0.299 e. The Morgan fingerprint density at radius 2 is 2.00 bits per heavy atom. The lowest BCUT2D eigenvalue weighted by Gasteiger charge is -2.34. The molecule has 1 fully saturated rings. The van der Waals surface area contributed by atoms with Gasteiger partial charge in [-0.15, -0.1) is 0 Å². The van der Waals surface area contributed by atoms with Crippen molar-refractivity contribution in [2.45, 2.75) is 25.1 Å². The Morgan fingerprint density at radius 3 is 2.71 bits per heavy atom. The summed E-state index contributed by atoms with van der Waals surface area (Å²) in [7, 11) is 2.07. The lowest BCUT2D eigenvalue weighted by Crippen LogP contribution is -2.34. The van der Waals surface area contributed by atoms with E-state index < -0.39 is 6.17 Å². The van der Waals surface area contributed by atoms with Gasteiger partial charge in [-0.25, -0.2) is 4.39 Å². The molecular formula is C12H16FN. The monoisotopic (exact) mass is 193 g/mol. The number of likely N-dealkylation sites (tertiary alicyclic amines) is 1. The number of nitrogens with zero attached hydrogens (tertiary/aromatic N) is 1. The van der Waals surface area contributed by atoms with Crippen molar-refractivity contribution in [1.82, 2.24) is 4.90 Å². The molecule has 0 bridgehead atoms. The average Bonchev–Trinajstić information content (AvgIpc) is 2.23. The number of hydrogen-bond donors (Lipinski definition) is 0. The number of hydrogen-bond acceptors (Lipinski definition) is 1. The van der Waals surface area contributed by atoms with Gasteiger partial charge in [-0.3, -0.25) is 4.90 Å². The van der Waals surface area contributed by atoms with Gasteiger partial charge in [0, 0.05) is 12.6 Å². The van der Waals surface area contributed by atoms with Gasteiger partial charge >= 0.3 is 0 Å². The second-order valence-corrected chi connectivity index (χ2v) is 4.03. The smallest absolute Gasteiger partial charge is 0.103 e. The molecule has 0 spiro atoms. The summed E-state index contributed by atoms with van der Waals surface area (Å²) in [4.78, 5) is 2.24. The summed E-state index contributed by atoms with van der Waals surface area (Å²) in [5.41, 5.74) is 1.23. The fourth-order valence-electron chi connectivity index (χ4n) is 2.11. The molecule has 0 aliphatic carbocycles. The van der Waals surface area contributed by atoms with Gasteiger partial charge in [-0.05, 0) is 25.5 Å². The van der Waals surface area contributed by atoms with E-state index in [1.165, 1.54) is 5.56 Å². The molecule has 0 saturated carbocycles. The molecule has 0 amide bonds. The quantitative estimate of drug-likeness (QED) is 0.663. The van der Waals surface area contributed by atoms with Crippen LogP contribution in [0.4, 0.5) is 4.39 Å². The van der Waals surface area contributed by atoms with Crippen LogP contribution in [0.1, 0.15) is 24.4 Å². The number of halogens is 1. The lowest BCUT2D eigenvalue weighted by molar-refractivity contribution is 0.114. The van der Waals surface area contributed by atoms with E-state index in [0.29, 0.717) is 12.8 Å². The van der Waals surface area contributed by atoms with E-state index in [9.17, 15) is 4.39 Å². The highest BCUT2D eigenvalue weighted by atomic mass is 19.1. The molecular weight excluding hydrogens is 177 g/mol. The number of piperidine rings is 1. The maximum Gasteiger partial charge on any atom is 0.103 e. The van der Waals surface area contributed by atoms with Crippen molar-refractivity contribution in [3.05, 3.63) is 35.9 Å². The van der Waals surface area contributed by atoms with Crippen molar-refractivity contribution in [2.75, 3.05) is 13.6 Å². The number of benzene rings is 1. The van der Waals surface area contributed by atoms with E-state index in [-0.39, 0.29) is 6.04 Å². The summed E-state index contributed by atoms with van der Waals surface area (Å²) in [5, 5.41) is 0. The zero-order chi connectivity index (χ0) is 9.97. The summed E-state index contributed by atoms with van der Waals surface area (Å²) in [6, 6.07) is 10.5. The third-order valence-electron chi connectivity index (χ3n) is 2.99.